The molecule has 0 radical (unpaired) electrons. The molecular formula is C14H13ClN2O2. The van der Waals surface area contributed by atoms with Crippen molar-refractivity contribution in [2.45, 2.75) is 13.3 Å². The van der Waals surface area contributed by atoms with Gasteiger partial charge >= 0.3 is 5.69 Å². The van der Waals surface area contributed by atoms with Crippen LogP contribution in [0.2, 0.25) is 5.02 Å². The largest absolute Gasteiger partial charge is 0.350 e. The molecule has 2 rings (SSSR count). The second-order valence-electron chi connectivity index (χ2n) is 4.07. The molecule has 0 saturated carbocycles. The molecule has 0 fully saturated rings. The average Bonchev–Trinajstić information content (AvgIpc) is 2.38. The highest BCUT2D eigenvalue weighted by molar-refractivity contribution is 6.33. The van der Waals surface area contributed by atoms with Gasteiger partial charge in [-0.1, -0.05) is 36.7 Å². The van der Waals surface area contributed by atoms with Crippen LogP contribution in [0.1, 0.15) is 12.5 Å². The molecule has 0 aliphatic rings. The fourth-order valence-corrected chi connectivity index (χ4v) is 2.07. The monoisotopic (exact) mass is 276 g/mol. The average molecular weight is 277 g/mol. The van der Waals surface area contributed by atoms with Crippen LogP contribution in [-0.2, 0) is 6.42 Å². The quantitative estimate of drug-likeness (QED) is 0.658. The molecule has 4 nitrogen and oxygen atoms in total. The van der Waals surface area contributed by atoms with Crippen LogP contribution in [0.3, 0.4) is 0 Å². The number of nitro groups is 1. The molecule has 0 bridgehead atoms. The number of nitrogens with zero attached hydrogens (tertiary/aromatic N) is 1. The van der Waals surface area contributed by atoms with Crippen LogP contribution in [0.25, 0.3) is 0 Å². The van der Waals surface area contributed by atoms with Crippen molar-refractivity contribution in [2.75, 3.05) is 5.32 Å². The number of anilines is 2. The zero-order valence-corrected chi connectivity index (χ0v) is 11.1. The van der Waals surface area contributed by atoms with Gasteiger partial charge in [0.25, 0.3) is 0 Å². The first kappa shape index (κ1) is 13.4. The third kappa shape index (κ3) is 3.03. The minimum atomic E-state index is -0.478. The smallest absolute Gasteiger partial charge is 0.311 e. The molecule has 0 atom stereocenters. The highest BCUT2D eigenvalue weighted by atomic mass is 35.5. The van der Waals surface area contributed by atoms with E-state index in [4.69, 9.17) is 11.6 Å². The first-order valence-corrected chi connectivity index (χ1v) is 6.28. The summed E-state index contributed by atoms with van der Waals surface area (Å²) in [7, 11) is 0. The standard InChI is InChI=1S/C14H13ClN2O2/c1-2-10-5-3-6-11(9-10)16-13-8-4-7-12(15)14(13)17(18)19/h3-9,16H,2H2,1H3. The highest BCUT2D eigenvalue weighted by Gasteiger charge is 2.18. The van der Waals surface area contributed by atoms with Crippen molar-refractivity contribution in [3.63, 3.8) is 0 Å². The molecule has 1 N–H and O–H groups in total. The SMILES string of the molecule is CCc1cccc(Nc2cccc(Cl)c2[N+](=O)[O-])c1. The molecule has 98 valence electrons. The van der Waals surface area contributed by atoms with E-state index in [-0.39, 0.29) is 10.7 Å². The van der Waals surface area contributed by atoms with Crippen LogP contribution in [0.4, 0.5) is 17.1 Å². The fraction of sp³-hybridized carbons (Fsp3) is 0.143. The number of nitrogens with one attached hydrogen (secondary N) is 1. The summed E-state index contributed by atoms with van der Waals surface area (Å²) in [5.74, 6) is 0. The number of halogens is 1. The van der Waals surface area contributed by atoms with Crippen LogP contribution >= 0.6 is 11.6 Å². The minimum absolute atomic E-state index is 0.105. The van der Waals surface area contributed by atoms with Crippen LogP contribution in [0.15, 0.2) is 42.5 Å². The van der Waals surface area contributed by atoms with Crippen LogP contribution in [0, 0.1) is 10.1 Å². The predicted molar refractivity (Wildman–Crippen MR) is 77.2 cm³/mol. The molecule has 0 aliphatic heterocycles. The molecule has 0 aliphatic carbocycles. The Kier molecular flexibility index (Phi) is 4.02. The fourth-order valence-electron chi connectivity index (χ4n) is 1.83. The molecule has 0 heterocycles. The Balaban J connectivity index is 2.38. The summed E-state index contributed by atoms with van der Waals surface area (Å²) < 4.78 is 0. The van der Waals surface area contributed by atoms with Gasteiger partial charge < -0.3 is 5.32 Å². The molecule has 2 aromatic rings. The molecule has 2 aromatic carbocycles. The van der Waals surface area contributed by atoms with Crippen molar-refractivity contribution in [1.29, 1.82) is 0 Å². The van der Waals surface area contributed by atoms with E-state index >= 15 is 0 Å². The normalized spacial score (nSPS) is 10.2. The van der Waals surface area contributed by atoms with Crippen molar-refractivity contribution >= 4 is 28.7 Å². The first-order chi connectivity index (χ1) is 9.11. The zero-order chi connectivity index (χ0) is 13.8. The number of hydrogen-bond acceptors (Lipinski definition) is 3. The number of nitro benzene ring substituents is 1. The highest BCUT2D eigenvalue weighted by Crippen LogP contribution is 2.34. The lowest BCUT2D eigenvalue weighted by Gasteiger charge is -2.09. The van der Waals surface area contributed by atoms with Crippen LogP contribution in [-0.4, -0.2) is 4.92 Å². The van der Waals surface area contributed by atoms with E-state index in [0.29, 0.717) is 5.69 Å². The van der Waals surface area contributed by atoms with Gasteiger partial charge in [0.05, 0.1) is 4.92 Å². The maximum absolute atomic E-state index is 11.0. The topological polar surface area (TPSA) is 55.2 Å². The Labute approximate surface area is 116 Å². The van der Waals surface area contributed by atoms with Gasteiger partial charge in [0.15, 0.2) is 0 Å². The Morgan fingerprint density at radius 2 is 2.00 bits per heavy atom. The summed E-state index contributed by atoms with van der Waals surface area (Å²) >= 11 is 5.87. The van der Waals surface area contributed by atoms with Crippen molar-refractivity contribution in [3.8, 4) is 0 Å². The predicted octanol–water partition coefficient (Wildman–Crippen LogP) is 4.55. The van der Waals surface area contributed by atoms with Gasteiger partial charge in [-0.2, -0.15) is 0 Å². The van der Waals surface area contributed by atoms with Crippen LogP contribution in [0.5, 0.6) is 0 Å². The van der Waals surface area contributed by atoms with E-state index in [1.807, 2.05) is 24.3 Å². The maximum atomic E-state index is 11.0. The molecule has 0 spiro atoms. The number of para-hydroxylation sites is 1. The Morgan fingerprint density at radius 1 is 1.26 bits per heavy atom. The summed E-state index contributed by atoms with van der Waals surface area (Å²) in [6.07, 6.45) is 0.910. The number of rotatable bonds is 4. The van der Waals surface area contributed by atoms with Gasteiger partial charge in [0, 0.05) is 5.69 Å². The lowest BCUT2D eigenvalue weighted by Crippen LogP contribution is -1.98. The third-order valence-corrected chi connectivity index (χ3v) is 3.09. The molecule has 0 aromatic heterocycles. The van der Waals surface area contributed by atoms with Gasteiger partial charge in [-0.3, -0.25) is 10.1 Å². The van der Waals surface area contributed by atoms with Crippen molar-refractivity contribution in [2.24, 2.45) is 0 Å². The van der Waals surface area contributed by atoms with Crippen LogP contribution < -0.4 is 5.32 Å². The summed E-state index contributed by atoms with van der Waals surface area (Å²) in [6.45, 7) is 2.06. The zero-order valence-electron chi connectivity index (χ0n) is 10.4. The summed E-state index contributed by atoms with van der Waals surface area (Å²) in [5.41, 5.74) is 2.26. The Hall–Kier alpha value is -2.07. The Bertz CT molecular complexity index is 614. The van der Waals surface area contributed by atoms with E-state index in [0.717, 1.165) is 17.7 Å². The van der Waals surface area contributed by atoms with Crippen molar-refractivity contribution < 1.29 is 4.92 Å². The number of aryl methyl sites for hydroxylation is 1. The molecule has 0 saturated heterocycles. The maximum Gasteiger partial charge on any atom is 0.311 e. The summed E-state index contributed by atoms with van der Waals surface area (Å²) in [6, 6.07) is 12.6. The van der Waals surface area contributed by atoms with Gasteiger partial charge in [-0.05, 0) is 36.2 Å². The first-order valence-electron chi connectivity index (χ1n) is 5.90. The third-order valence-electron chi connectivity index (χ3n) is 2.78. The van der Waals surface area contributed by atoms with E-state index in [1.165, 1.54) is 6.07 Å². The minimum Gasteiger partial charge on any atom is -0.350 e. The molecule has 5 heteroatoms. The van der Waals surface area contributed by atoms with E-state index in [9.17, 15) is 10.1 Å². The second-order valence-corrected chi connectivity index (χ2v) is 4.48. The van der Waals surface area contributed by atoms with Crippen molar-refractivity contribution in [3.05, 3.63) is 63.2 Å². The number of benzene rings is 2. The van der Waals surface area contributed by atoms with Gasteiger partial charge in [-0.15, -0.1) is 0 Å². The summed E-state index contributed by atoms with van der Waals surface area (Å²) in [5, 5.41) is 14.2. The van der Waals surface area contributed by atoms with Gasteiger partial charge in [0.1, 0.15) is 10.7 Å². The second kappa shape index (κ2) is 5.71. The van der Waals surface area contributed by atoms with Crippen molar-refractivity contribution in [1.82, 2.24) is 0 Å². The molecule has 0 unspecified atom stereocenters. The van der Waals surface area contributed by atoms with Gasteiger partial charge in [0.2, 0.25) is 0 Å². The lowest BCUT2D eigenvalue weighted by atomic mass is 10.1. The molecule has 19 heavy (non-hydrogen) atoms. The number of hydrogen-bond donors (Lipinski definition) is 1. The molecular weight excluding hydrogens is 264 g/mol. The van der Waals surface area contributed by atoms with Gasteiger partial charge in [-0.25, -0.2) is 0 Å². The van der Waals surface area contributed by atoms with E-state index in [2.05, 4.69) is 12.2 Å². The van der Waals surface area contributed by atoms with E-state index < -0.39 is 4.92 Å². The van der Waals surface area contributed by atoms with E-state index in [1.54, 1.807) is 12.1 Å². The Morgan fingerprint density at radius 3 is 2.68 bits per heavy atom. The lowest BCUT2D eigenvalue weighted by molar-refractivity contribution is -0.383. The molecule has 0 amide bonds. The summed E-state index contributed by atoms with van der Waals surface area (Å²) in [4.78, 5) is 10.6.